The van der Waals surface area contributed by atoms with E-state index in [-0.39, 0.29) is 11.5 Å². The molecule has 0 radical (unpaired) electrons. The summed E-state index contributed by atoms with van der Waals surface area (Å²) in [5.41, 5.74) is 0.513. The Labute approximate surface area is 121 Å². The van der Waals surface area contributed by atoms with E-state index in [2.05, 4.69) is 0 Å². The van der Waals surface area contributed by atoms with Crippen molar-refractivity contribution in [1.29, 1.82) is 0 Å². The highest BCUT2D eigenvalue weighted by Crippen LogP contribution is 2.30. The Bertz CT molecular complexity index is 710. The Morgan fingerprint density at radius 2 is 1.80 bits per heavy atom. The number of sulfone groups is 1. The lowest BCUT2D eigenvalue weighted by atomic mass is 10.2. The van der Waals surface area contributed by atoms with Gasteiger partial charge in [0.2, 0.25) is 0 Å². The van der Waals surface area contributed by atoms with Gasteiger partial charge in [0.05, 0.1) is 11.5 Å². The molecule has 2 rings (SSSR count). The molecule has 0 unspecified atom stereocenters. The summed E-state index contributed by atoms with van der Waals surface area (Å²) in [5.74, 6) is -0.409. The van der Waals surface area contributed by atoms with Gasteiger partial charge in [0.25, 0.3) is 0 Å². The van der Waals surface area contributed by atoms with Crippen molar-refractivity contribution in [2.75, 3.05) is 6.26 Å². The van der Waals surface area contributed by atoms with E-state index in [1.165, 1.54) is 30.0 Å². The second-order valence-electron chi connectivity index (χ2n) is 4.27. The van der Waals surface area contributed by atoms with Crippen LogP contribution in [0.2, 0.25) is 0 Å². The monoisotopic (exact) mass is 312 g/mol. The molecular weight excluding hydrogens is 299 g/mol. The van der Waals surface area contributed by atoms with Gasteiger partial charge in [-0.3, -0.25) is 0 Å². The zero-order valence-corrected chi connectivity index (χ0v) is 12.3. The average molecular weight is 312 g/mol. The lowest BCUT2D eigenvalue weighted by Gasteiger charge is -2.05. The third kappa shape index (κ3) is 3.59. The fourth-order valence-corrected chi connectivity index (χ4v) is 3.06. The number of halogens is 1. The molecule has 6 heteroatoms. The zero-order chi connectivity index (χ0) is 14.8. The number of rotatable bonds is 4. The van der Waals surface area contributed by atoms with Gasteiger partial charge in [0.1, 0.15) is 5.82 Å². The first-order valence-electron chi connectivity index (χ1n) is 5.77. The van der Waals surface area contributed by atoms with E-state index >= 15 is 0 Å². The highest BCUT2D eigenvalue weighted by atomic mass is 32.2. The van der Waals surface area contributed by atoms with E-state index in [0.29, 0.717) is 10.5 Å². The summed E-state index contributed by atoms with van der Waals surface area (Å²) in [5, 5.41) is 8.92. The van der Waals surface area contributed by atoms with Crippen molar-refractivity contribution in [3.63, 3.8) is 0 Å². The summed E-state index contributed by atoms with van der Waals surface area (Å²) >= 11 is 1.20. The summed E-state index contributed by atoms with van der Waals surface area (Å²) < 4.78 is 36.4. The van der Waals surface area contributed by atoms with Crippen LogP contribution in [0.5, 0.6) is 0 Å². The smallest absolute Gasteiger partial charge is 0.175 e. The molecule has 2 aromatic carbocycles. The van der Waals surface area contributed by atoms with E-state index in [0.717, 1.165) is 11.2 Å². The number of aliphatic hydroxyl groups excluding tert-OH is 1. The van der Waals surface area contributed by atoms with Crippen LogP contribution in [0.4, 0.5) is 4.39 Å². The zero-order valence-electron chi connectivity index (χ0n) is 10.7. The van der Waals surface area contributed by atoms with Crippen molar-refractivity contribution in [1.82, 2.24) is 0 Å². The predicted octanol–water partition coefficient (Wildman–Crippen LogP) is 2.87. The van der Waals surface area contributed by atoms with Crippen LogP contribution >= 0.6 is 11.8 Å². The van der Waals surface area contributed by atoms with Gasteiger partial charge < -0.3 is 5.11 Å². The van der Waals surface area contributed by atoms with Crippen LogP contribution in [-0.2, 0) is 16.4 Å². The van der Waals surface area contributed by atoms with Gasteiger partial charge in [0, 0.05) is 16.0 Å². The molecule has 2 aromatic rings. The number of hydrogen-bond donors (Lipinski definition) is 1. The van der Waals surface area contributed by atoms with Gasteiger partial charge >= 0.3 is 0 Å². The Kier molecular flexibility index (Phi) is 4.47. The van der Waals surface area contributed by atoms with Crippen LogP contribution in [-0.4, -0.2) is 19.8 Å². The summed E-state index contributed by atoms with van der Waals surface area (Å²) in [6.45, 7) is -0.203. The Morgan fingerprint density at radius 3 is 2.30 bits per heavy atom. The third-order valence-corrected chi connectivity index (χ3v) is 4.85. The Balaban J connectivity index is 2.22. The van der Waals surface area contributed by atoms with Crippen LogP contribution in [0.25, 0.3) is 0 Å². The standard InChI is InChI=1S/C14H13FO3S2/c1-20(17,18)12-5-3-11(4-6-12)19-14-7-2-10(9-16)8-13(14)15/h2-8,16H,9H2,1H3. The highest BCUT2D eigenvalue weighted by Gasteiger charge is 2.08. The van der Waals surface area contributed by atoms with Crippen molar-refractivity contribution in [2.45, 2.75) is 21.3 Å². The van der Waals surface area contributed by atoms with Gasteiger partial charge in [-0.1, -0.05) is 17.8 Å². The molecule has 0 spiro atoms. The van der Waals surface area contributed by atoms with Crippen molar-refractivity contribution in [3.05, 3.63) is 53.8 Å². The maximum atomic E-state index is 13.8. The van der Waals surface area contributed by atoms with Crippen molar-refractivity contribution >= 4 is 21.6 Å². The van der Waals surface area contributed by atoms with Crippen LogP contribution in [0.3, 0.4) is 0 Å². The maximum absolute atomic E-state index is 13.8. The molecule has 0 amide bonds. The topological polar surface area (TPSA) is 54.4 Å². The fraction of sp³-hybridized carbons (Fsp3) is 0.143. The first kappa shape index (κ1) is 15.0. The summed E-state index contributed by atoms with van der Waals surface area (Å²) in [6.07, 6.45) is 1.14. The SMILES string of the molecule is CS(=O)(=O)c1ccc(Sc2ccc(CO)cc2F)cc1. The van der Waals surface area contributed by atoms with Gasteiger partial charge in [-0.05, 0) is 42.0 Å². The summed E-state index contributed by atoms with van der Waals surface area (Å²) in [6, 6.07) is 10.8. The molecule has 0 saturated heterocycles. The van der Waals surface area contributed by atoms with Crippen LogP contribution in [0.1, 0.15) is 5.56 Å². The van der Waals surface area contributed by atoms with Crippen LogP contribution in [0, 0.1) is 5.82 Å². The molecule has 0 aliphatic carbocycles. The lowest BCUT2D eigenvalue weighted by Crippen LogP contribution is -1.96. The number of aliphatic hydroxyl groups is 1. The van der Waals surface area contributed by atoms with E-state index in [1.807, 2.05) is 0 Å². The second-order valence-corrected chi connectivity index (χ2v) is 7.40. The minimum Gasteiger partial charge on any atom is -0.392 e. The van der Waals surface area contributed by atoms with E-state index in [1.54, 1.807) is 24.3 Å². The normalized spacial score (nSPS) is 11.6. The van der Waals surface area contributed by atoms with Gasteiger partial charge in [-0.25, -0.2) is 12.8 Å². The molecular formula is C14H13FO3S2. The van der Waals surface area contributed by atoms with Crippen molar-refractivity contribution in [2.24, 2.45) is 0 Å². The fourth-order valence-electron chi connectivity index (χ4n) is 1.61. The summed E-state index contributed by atoms with van der Waals surface area (Å²) in [4.78, 5) is 1.40. The molecule has 0 aliphatic heterocycles. The highest BCUT2D eigenvalue weighted by molar-refractivity contribution is 7.99. The molecule has 0 atom stereocenters. The number of benzene rings is 2. The summed E-state index contributed by atoms with van der Waals surface area (Å²) in [7, 11) is -3.22. The van der Waals surface area contributed by atoms with Crippen molar-refractivity contribution < 1.29 is 17.9 Å². The molecule has 0 aromatic heterocycles. The molecule has 20 heavy (non-hydrogen) atoms. The molecule has 0 fully saturated rings. The molecule has 0 aliphatic rings. The Morgan fingerprint density at radius 1 is 1.15 bits per heavy atom. The molecule has 0 heterocycles. The lowest BCUT2D eigenvalue weighted by molar-refractivity contribution is 0.281. The van der Waals surface area contributed by atoms with Crippen LogP contribution < -0.4 is 0 Å². The third-order valence-electron chi connectivity index (χ3n) is 2.66. The van der Waals surface area contributed by atoms with Crippen molar-refractivity contribution in [3.8, 4) is 0 Å². The van der Waals surface area contributed by atoms with Gasteiger partial charge in [-0.15, -0.1) is 0 Å². The minimum atomic E-state index is -3.22. The predicted molar refractivity (Wildman–Crippen MR) is 76.0 cm³/mol. The molecule has 1 N–H and O–H groups in total. The first-order valence-corrected chi connectivity index (χ1v) is 8.48. The molecule has 0 bridgehead atoms. The van der Waals surface area contributed by atoms with Gasteiger partial charge in [0.15, 0.2) is 9.84 Å². The quantitative estimate of drug-likeness (QED) is 0.943. The average Bonchev–Trinajstić information content (AvgIpc) is 2.40. The molecule has 3 nitrogen and oxygen atoms in total. The van der Waals surface area contributed by atoms with E-state index in [4.69, 9.17) is 5.11 Å². The van der Waals surface area contributed by atoms with E-state index in [9.17, 15) is 12.8 Å². The molecule has 0 saturated carbocycles. The molecule has 106 valence electrons. The largest absolute Gasteiger partial charge is 0.392 e. The maximum Gasteiger partial charge on any atom is 0.175 e. The van der Waals surface area contributed by atoms with Gasteiger partial charge in [-0.2, -0.15) is 0 Å². The van der Waals surface area contributed by atoms with E-state index < -0.39 is 15.7 Å². The minimum absolute atomic E-state index is 0.203. The first-order chi connectivity index (χ1) is 9.40. The second kappa shape index (κ2) is 5.95. The Hall–Kier alpha value is -1.37. The van der Waals surface area contributed by atoms with Crippen LogP contribution in [0.15, 0.2) is 57.2 Å². The number of hydrogen-bond acceptors (Lipinski definition) is 4.